The molecule has 7 heteroatoms. The minimum absolute atomic E-state index is 0.107. The molecule has 0 fully saturated rings. The van der Waals surface area contributed by atoms with Crippen molar-refractivity contribution >= 4 is 34.2 Å². The predicted molar refractivity (Wildman–Crippen MR) is 121 cm³/mol. The van der Waals surface area contributed by atoms with Gasteiger partial charge in [0.1, 0.15) is 16.9 Å². The molecule has 1 aromatic heterocycles. The first-order valence-electron chi connectivity index (χ1n) is 9.81. The summed E-state index contributed by atoms with van der Waals surface area (Å²) in [6, 6.07) is 20.4. The van der Waals surface area contributed by atoms with Crippen molar-refractivity contribution < 1.29 is 23.8 Å². The van der Waals surface area contributed by atoms with E-state index in [9.17, 15) is 9.59 Å². The average molecular weight is 428 g/mol. The minimum Gasteiger partial charge on any atom is -0.497 e. The van der Waals surface area contributed by atoms with Crippen molar-refractivity contribution in [1.82, 2.24) is 0 Å². The zero-order valence-electron chi connectivity index (χ0n) is 17.5. The molecule has 160 valence electrons. The van der Waals surface area contributed by atoms with Crippen LogP contribution in [0.2, 0.25) is 0 Å². The molecule has 0 bridgehead atoms. The molecule has 0 atom stereocenters. The van der Waals surface area contributed by atoms with Crippen molar-refractivity contribution in [3.8, 4) is 5.75 Å². The molecule has 4 rings (SSSR count). The van der Waals surface area contributed by atoms with Crippen molar-refractivity contribution in [2.24, 2.45) is 4.99 Å². The maximum Gasteiger partial charge on any atom is 0.335 e. The number of anilines is 1. The first-order chi connectivity index (χ1) is 15.4. The number of hydrogen-bond acceptors (Lipinski definition) is 5. The molecule has 0 radical (unpaired) electrons. The predicted octanol–water partition coefficient (Wildman–Crippen LogP) is 4.93. The van der Waals surface area contributed by atoms with E-state index in [2.05, 4.69) is 10.3 Å². The van der Waals surface area contributed by atoms with Crippen LogP contribution in [-0.4, -0.2) is 24.1 Å². The monoisotopic (exact) mass is 428 g/mol. The first kappa shape index (κ1) is 20.9. The number of amides is 1. The Morgan fingerprint density at radius 1 is 1.00 bits per heavy atom. The van der Waals surface area contributed by atoms with Gasteiger partial charge in [-0.25, -0.2) is 9.79 Å². The van der Waals surface area contributed by atoms with Gasteiger partial charge < -0.3 is 19.6 Å². The molecular formula is C25H20N2O5. The molecule has 7 nitrogen and oxygen atoms in total. The molecule has 0 aliphatic rings. The Bertz CT molecular complexity index is 1390. The highest BCUT2D eigenvalue weighted by Crippen LogP contribution is 2.22. The highest BCUT2D eigenvalue weighted by Gasteiger charge is 2.14. The molecule has 32 heavy (non-hydrogen) atoms. The summed E-state index contributed by atoms with van der Waals surface area (Å²) in [6.07, 6.45) is 0. The highest BCUT2D eigenvalue weighted by molar-refractivity contribution is 6.05. The Labute approximate surface area is 183 Å². The maximum absolute atomic E-state index is 13.1. The summed E-state index contributed by atoms with van der Waals surface area (Å²) in [5.74, 6) is -0.782. The van der Waals surface area contributed by atoms with Crippen molar-refractivity contribution in [2.75, 3.05) is 12.4 Å². The number of nitrogens with zero attached hydrogens (tertiary/aromatic N) is 1. The molecule has 1 heterocycles. The number of carboxylic acid groups (broad SMARTS) is 1. The van der Waals surface area contributed by atoms with Crippen molar-refractivity contribution in [1.29, 1.82) is 0 Å². The summed E-state index contributed by atoms with van der Waals surface area (Å²) in [4.78, 5) is 28.7. The number of fused-ring (bicyclic) bond motifs is 1. The molecule has 0 spiro atoms. The summed E-state index contributed by atoms with van der Waals surface area (Å²) in [6.45, 7) is 1.94. The molecule has 2 N–H and O–H groups in total. The first-order valence-corrected chi connectivity index (χ1v) is 9.81. The van der Waals surface area contributed by atoms with Crippen molar-refractivity contribution in [2.45, 2.75) is 6.92 Å². The second kappa shape index (κ2) is 8.77. The SMILES string of the molecule is COc1ccc2oc(=Nc3ccc(C(=O)O)cc3)c(C(=O)Nc3cccc(C)c3)cc2c1. The summed E-state index contributed by atoms with van der Waals surface area (Å²) in [5.41, 5.74) is 3.13. The number of carbonyl (C=O) groups is 2. The fourth-order valence-corrected chi connectivity index (χ4v) is 3.20. The van der Waals surface area contributed by atoms with E-state index in [1.54, 1.807) is 49.6 Å². The Morgan fingerprint density at radius 3 is 2.47 bits per heavy atom. The second-order valence-corrected chi connectivity index (χ2v) is 7.16. The second-order valence-electron chi connectivity index (χ2n) is 7.16. The number of rotatable bonds is 5. The molecule has 3 aromatic carbocycles. The van der Waals surface area contributed by atoms with Gasteiger partial charge in [0.25, 0.3) is 5.91 Å². The van der Waals surface area contributed by atoms with Crippen LogP contribution in [0, 0.1) is 6.92 Å². The summed E-state index contributed by atoms with van der Waals surface area (Å²) >= 11 is 0. The number of ether oxygens (including phenoxy) is 1. The minimum atomic E-state index is -1.03. The van der Waals surface area contributed by atoms with E-state index >= 15 is 0 Å². The molecule has 0 unspecified atom stereocenters. The Morgan fingerprint density at radius 2 is 1.78 bits per heavy atom. The molecular weight excluding hydrogens is 408 g/mol. The van der Waals surface area contributed by atoms with Crippen molar-refractivity contribution in [3.05, 3.63) is 95.0 Å². The van der Waals surface area contributed by atoms with Gasteiger partial charge >= 0.3 is 5.97 Å². The number of carbonyl (C=O) groups excluding carboxylic acids is 1. The summed E-state index contributed by atoms with van der Waals surface area (Å²) in [5, 5.41) is 12.6. The lowest BCUT2D eigenvalue weighted by Gasteiger charge is -2.08. The Kier molecular flexibility index (Phi) is 5.72. The van der Waals surface area contributed by atoms with E-state index < -0.39 is 5.97 Å². The van der Waals surface area contributed by atoms with Crippen LogP contribution >= 0.6 is 0 Å². The smallest absolute Gasteiger partial charge is 0.335 e. The van der Waals surface area contributed by atoms with E-state index in [4.69, 9.17) is 14.3 Å². The normalized spacial score (nSPS) is 11.4. The van der Waals surface area contributed by atoms with Gasteiger partial charge in [0.15, 0.2) is 0 Å². The quantitative estimate of drug-likeness (QED) is 0.469. The van der Waals surface area contributed by atoms with Crippen LogP contribution < -0.4 is 15.6 Å². The Balaban J connectivity index is 1.83. The van der Waals surface area contributed by atoms with Gasteiger partial charge in [-0.1, -0.05) is 12.1 Å². The molecule has 4 aromatic rings. The van der Waals surface area contributed by atoms with Crippen molar-refractivity contribution in [3.63, 3.8) is 0 Å². The number of methoxy groups -OCH3 is 1. The van der Waals surface area contributed by atoms with E-state index in [-0.39, 0.29) is 22.6 Å². The standard InChI is InChI=1S/C25H20N2O5/c1-15-4-3-5-19(12-15)26-23(28)21-14-17-13-20(31-2)10-11-22(17)32-24(21)27-18-8-6-16(7-9-18)25(29)30/h3-14H,1-2H3,(H,26,28)(H,29,30). The van der Waals surface area contributed by atoms with Crippen LogP contribution in [0.5, 0.6) is 5.75 Å². The van der Waals surface area contributed by atoms with Gasteiger partial charge in [0.05, 0.1) is 18.4 Å². The van der Waals surface area contributed by atoms with Crippen LogP contribution in [0.15, 0.2) is 82.2 Å². The molecule has 0 saturated heterocycles. The third-order valence-corrected chi connectivity index (χ3v) is 4.82. The van der Waals surface area contributed by atoms with Crippen LogP contribution in [0.3, 0.4) is 0 Å². The third-order valence-electron chi connectivity index (χ3n) is 4.82. The molecule has 0 aliphatic carbocycles. The third kappa shape index (κ3) is 4.52. The van der Waals surface area contributed by atoms with Gasteiger partial charge in [0, 0.05) is 11.1 Å². The number of aromatic carboxylic acids is 1. The van der Waals surface area contributed by atoms with Crippen LogP contribution in [0.1, 0.15) is 26.3 Å². The number of aryl methyl sites for hydroxylation is 1. The van der Waals surface area contributed by atoms with Crippen LogP contribution in [0.25, 0.3) is 11.0 Å². The summed E-state index contributed by atoms with van der Waals surface area (Å²) < 4.78 is 11.2. The fourth-order valence-electron chi connectivity index (χ4n) is 3.20. The maximum atomic E-state index is 13.1. The number of hydrogen-bond donors (Lipinski definition) is 2. The zero-order chi connectivity index (χ0) is 22.7. The topological polar surface area (TPSA) is 101 Å². The zero-order valence-corrected chi connectivity index (χ0v) is 17.5. The van der Waals surface area contributed by atoms with E-state index in [0.717, 1.165) is 5.56 Å². The lowest BCUT2D eigenvalue weighted by molar-refractivity contribution is 0.0696. The number of benzene rings is 3. The lowest BCUT2D eigenvalue weighted by atomic mass is 10.1. The highest BCUT2D eigenvalue weighted by atomic mass is 16.5. The summed E-state index contributed by atoms with van der Waals surface area (Å²) in [7, 11) is 1.56. The number of carboxylic acids is 1. The van der Waals surface area contributed by atoms with Gasteiger partial charge in [-0.15, -0.1) is 0 Å². The van der Waals surface area contributed by atoms with E-state index in [1.807, 2.05) is 25.1 Å². The van der Waals surface area contributed by atoms with Gasteiger partial charge in [-0.05, 0) is 73.2 Å². The number of nitrogens with one attached hydrogen (secondary N) is 1. The van der Waals surface area contributed by atoms with E-state index in [1.165, 1.54) is 12.1 Å². The van der Waals surface area contributed by atoms with Gasteiger partial charge in [0.2, 0.25) is 5.55 Å². The van der Waals surface area contributed by atoms with Crippen LogP contribution in [-0.2, 0) is 0 Å². The largest absolute Gasteiger partial charge is 0.497 e. The lowest BCUT2D eigenvalue weighted by Crippen LogP contribution is -2.21. The molecule has 1 amide bonds. The van der Waals surface area contributed by atoms with Gasteiger partial charge in [-0.2, -0.15) is 0 Å². The van der Waals surface area contributed by atoms with E-state index in [0.29, 0.717) is 28.1 Å². The van der Waals surface area contributed by atoms with Gasteiger partial charge in [-0.3, -0.25) is 4.79 Å². The molecule has 0 saturated carbocycles. The van der Waals surface area contributed by atoms with Crippen LogP contribution in [0.4, 0.5) is 11.4 Å². The fraction of sp³-hybridized carbons (Fsp3) is 0.0800. The Hall–Kier alpha value is -4.39. The molecule has 0 aliphatic heterocycles. The average Bonchev–Trinajstić information content (AvgIpc) is 2.78.